The number of aryl methyl sites for hydroxylation is 1. The first kappa shape index (κ1) is 9.19. The van der Waals surface area contributed by atoms with Crippen LogP contribution in [0.2, 0.25) is 0 Å². The van der Waals surface area contributed by atoms with Crippen molar-refractivity contribution in [1.29, 1.82) is 0 Å². The summed E-state index contributed by atoms with van der Waals surface area (Å²) in [6.07, 6.45) is 0.690. The number of thiophene rings is 1. The van der Waals surface area contributed by atoms with Gasteiger partial charge in [-0.3, -0.25) is 0 Å². The van der Waals surface area contributed by atoms with Gasteiger partial charge < -0.3 is 9.84 Å². The van der Waals surface area contributed by atoms with Crippen LogP contribution in [0.1, 0.15) is 11.1 Å². The van der Waals surface area contributed by atoms with E-state index in [0.29, 0.717) is 19.1 Å². The Hall–Kier alpha value is -0.380. The summed E-state index contributed by atoms with van der Waals surface area (Å²) in [5.74, 6) is 0.299. The fourth-order valence-electron chi connectivity index (χ4n) is 1.66. The smallest absolute Gasteiger partial charge is 0.0826 e. The number of aliphatic hydroxyl groups is 1. The molecule has 1 aliphatic rings. The molecule has 72 valence electrons. The van der Waals surface area contributed by atoms with E-state index in [0.717, 1.165) is 6.42 Å². The van der Waals surface area contributed by atoms with Crippen LogP contribution < -0.4 is 0 Å². The minimum atomic E-state index is -0.265. The van der Waals surface area contributed by atoms with Crippen LogP contribution in [-0.4, -0.2) is 24.4 Å². The van der Waals surface area contributed by atoms with Crippen molar-refractivity contribution in [3.8, 4) is 0 Å². The van der Waals surface area contributed by atoms with Gasteiger partial charge in [-0.05, 0) is 35.2 Å². The predicted molar refractivity (Wildman–Crippen MR) is 53.1 cm³/mol. The molecule has 0 bridgehead atoms. The molecule has 1 N–H and O–H groups in total. The minimum Gasteiger partial charge on any atom is -0.390 e. The molecule has 1 aromatic heterocycles. The van der Waals surface area contributed by atoms with Crippen molar-refractivity contribution < 1.29 is 9.84 Å². The normalized spacial score (nSPS) is 28.2. The van der Waals surface area contributed by atoms with Crippen LogP contribution in [0.4, 0.5) is 0 Å². The molecule has 0 aliphatic carbocycles. The maximum absolute atomic E-state index is 9.56. The number of hydrogen-bond donors (Lipinski definition) is 1. The molecule has 2 heterocycles. The van der Waals surface area contributed by atoms with Gasteiger partial charge in [-0.25, -0.2) is 0 Å². The van der Waals surface area contributed by atoms with Crippen LogP contribution in [0.3, 0.4) is 0 Å². The van der Waals surface area contributed by atoms with Crippen LogP contribution in [0.5, 0.6) is 0 Å². The Balaban J connectivity index is 2.01. The molecule has 2 nitrogen and oxygen atoms in total. The second-order valence-electron chi connectivity index (χ2n) is 3.65. The molecule has 3 heteroatoms. The molecule has 1 aromatic rings. The standard InChI is InChI=1S/C10H14O2S/c1-7-5-13-6-9(7)2-8-3-12-4-10(8)11/h5-6,8,10-11H,2-4H2,1H3/t8-,10-/m1/s1. The lowest BCUT2D eigenvalue weighted by Crippen LogP contribution is -2.19. The average molecular weight is 198 g/mol. The van der Waals surface area contributed by atoms with E-state index >= 15 is 0 Å². The van der Waals surface area contributed by atoms with Crippen LogP contribution in [0, 0.1) is 12.8 Å². The molecule has 1 fully saturated rings. The van der Waals surface area contributed by atoms with Crippen molar-refractivity contribution in [1.82, 2.24) is 0 Å². The van der Waals surface area contributed by atoms with Gasteiger partial charge in [0.25, 0.3) is 0 Å². The molecule has 0 spiro atoms. The second-order valence-corrected chi connectivity index (χ2v) is 4.39. The van der Waals surface area contributed by atoms with Crippen molar-refractivity contribution in [2.24, 2.45) is 5.92 Å². The fraction of sp³-hybridized carbons (Fsp3) is 0.600. The first-order valence-corrected chi connectivity index (χ1v) is 5.49. The van der Waals surface area contributed by atoms with Gasteiger partial charge in [0, 0.05) is 5.92 Å². The zero-order valence-electron chi connectivity index (χ0n) is 7.69. The summed E-state index contributed by atoms with van der Waals surface area (Å²) in [7, 11) is 0. The third-order valence-corrected chi connectivity index (χ3v) is 3.52. The van der Waals surface area contributed by atoms with Crippen LogP contribution in [0.25, 0.3) is 0 Å². The first-order valence-electron chi connectivity index (χ1n) is 4.55. The van der Waals surface area contributed by atoms with E-state index in [2.05, 4.69) is 17.7 Å². The van der Waals surface area contributed by atoms with E-state index in [1.807, 2.05) is 0 Å². The lowest BCUT2D eigenvalue weighted by Gasteiger charge is -2.11. The molecule has 0 unspecified atom stereocenters. The van der Waals surface area contributed by atoms with E-state index < -0.39 is 0 Å². The number of hydrogen-bond acceptors (Lipinski definition) is 3. The third-order valence-electron chi connectivity index (χ3n) is 2.61. The Kier molecular flexibility index (Phi) is 2.67. The van der Waals surface area contributed by atoms with Crippen molar-refractivity contribution in [2.45, 2.75) is 19.4 Å². The van der Waals surface area contributed by atoms with E-state index in [1.54, 1.807) is 11.3 Å². The maximum Gasteiger partial charge on any atom is 0.0826 e. The molecular formula is C10H14O2S. The Bertz CT molecular complexity index is 282. The van der Waals surface area contributed by atoms with Gasteiger partial charge in [0.2, 0.25) is 0 Å². The van der Waals surface area contributed by atoms with Gasteiger partial charge in [0.05, 0.1) is 19.3 Å². The molecule has 0 radical (unpaired) electrons. The summed E-state index contributed by atoms with van der Waals surface area (Å²) >= 11 is 1.73. The highest BCUT2D eigenvalue weighted by atomic mass is 32.1. The van der Waals surface area contributed by atoms with Gasteiger partial charge in [-0.15, -0.1) is 0 Å². The van der Waals surface area contributed by atoms with E-state index in [-0.39, 0.29) is 6.10 Å². The maximum atomic E-state index is 9.56. The first-order chi connectivity index (χ1) is 6.27. The number of ether oxygens (including phenoxy) is 1. The predicted octanol–water partition coefficient (Wildman–Crippen LogP) is 1.61. The van der Waals surface area contributed by atoms with Gasteiger partial charge in [0.1, 0.15) is 0 Å². The lowest BCUT2D eigenvalue weighted by atomic mass is 9.97. The quantitative estimate of drug-likeness (QED) is 0.782. The van der Waals surface area contributed by atoms with E-state index in [1.165, 1.54) is 11.1 Å². The molecule has 0 saturated carbocycles. The molecule has 1 saturated heterocycles. The topological polar surface area (TPSA) is 29.5 Å². The Morgan fingerprint density at radius 1 is 1.54 bits per heavy atom. The largest absolute Gasteiger partial charge is 0.390 e. The highest BCUT2D eigenvalue weighted by molar-refractivity contribution is 7.08. The van der Waals surface area contributed by atoms with Crippen LogP contribution in [0.15, 0.2) is 10.8 Å². The van der Waals surface area contributed by atoms with Gasteiger partial charge in [0.15, 0.2) is 0 Å². The molecule has 2 atom stereocenters. The minimum absolute atomic E-state index is 0.265. The van der Waals surface area contributed by atoms with Crippen molar-refractivity contribution in [2.75, 3.05) is 13.2 Å². The Morgan fingerprint density at radius 2 is 2.38 bits per heavy atom. The molecular weight excluding hydrogens is 184 g/mol. The van der Waals surface area contributed by atoms with Gasteiger partial charge in [-0.1, -0.05) is 0 Å². The summed E-state index contributed by atoms with van der Waals surface area (Å²) in [4.78, 5) is 0. The van der Waals surface area contributed by atoms with Gasteiger partial charge in [-0.2, -0.15) is 11.3 Å². The highest BCUT2D eigenvalue weighted by Crippen LogP contribution is 2.23. The number of aliphatic hydroxyl groups excluding tert-OH is 1. The van der Waals surface area contributed by atoms with Crippen molar-refractivity contribution in [3.05, 3.63) is 21.9 Å². The zero-order chi connectivity index (χ0) is 9.26. The van der Waals surface area contributed by atoms with E-state index in [4.69, 9.17) is 4.74 Å². The summed E-state index contributed by atoms with van der Waals surface area (Å²) in [6, 6.07) is 0. The monoisotopic (exact) mass is 198 g/mol. The second kappa shape index (κ2) is 3.78. The average Bonchev–Trinajstić information content (AvgIpc) is 2.65. The van der Waals surface area contributed by atoms with E-state index in [9.17, 15) is 5.11 Å². The Labute approximate surface area is 82.2 Å². The fourth-order valence-corrected chi connectivity index (χ4v) is 2.53. The SMILES string of the molecule is Cc1cscc1C[C@@H]1COC[C@H]1O. The summed E-state index contributed by atoms with van der Waals surface area (Å²) in [5.41, 5.74) is 2.70. The number of rotatable bonds is 2. The highest BCUT2D eigenvalue weighted by Gasteiger charge is 2.26. The molecule has 13 heavy (non-hydrogen) atoms. The molecule has 1 aliphatic heterocycles. The third kappa shape index (κ3) is 1.93. The Morgan fingerprint density at radius 3 is 2.92 bits per heavy atom. The van der Waals surface area contributed by atoms with Crippen molar-refractivity contribution >= 4 is 11.3 Å². The van der Waals surface area contributed by atoms with Crippen LogP contribution in [-0.2, 0) is 11.2 Å². The molecule has 2 rings (SSSR count). The lowest BCUT2D eigenvalue weighted by molar-refractivity contribution is 0.118. The molecule has 0 amide bonds. The van der Waals surface area contributed by atoms with Gasteiger partial charge >= 0.3 is 0 Å². The molecule has 0 aromatic carbocycles. The van der Waals surface area contributed by atoms with Crippen molar-refractivity contribution in [3.63, 3.8) is 0 Å². The summed E-state index contributed by atoms with van der Waals surface area (Å²) in [6.45, 7) is 3.33. The summed E-state index contributed by atoms with van der Waals surface area (Å²) < 4.78 is 5.21. The zero-order valence-corrected chi connectivity index (χ0v) is 8.51. The van der Waals surface area contributed by atoms with Crippen LogP contribution >= 0.6 is 11.3 Å². The summed E-state index contributed by atoms with van der Waals surface area (Å²) in [5, 5.41) is 13.9.